The fraction of sp³-hybridized carbons (Fsp3) is 0.0909. The van der Waals surface area contributed by atoms with E-state index in [1.165, 1.54) is 10.8 Å². The van der Waals surface area contributed by atoms with Gasteiger partial charge in [-0.25, -0.2) is 0 Å². The Morgan fingerprint density at radius 2 is 1.62 bits per heavy atom. The maximum absolute atomic E-state index is 5.12. The van der Waals surface area contributed by atoms with Crippen LogP contribution in [0, 0.1) is 0 Å². The molecular weight excluding hydrogens is 155 g/mol. The van der Waals surface area contributed by atoms with Crippen LogP contribution in [0.15, 0.2) is 42.5 Å². The summed E-state index contributed by atoms with van der Waals surface area (Å²) >= 11 is 0. The van der Waals surface area contributed by atoms with Crippen molar-refractivity contribution in [3.05, 3.63) is 42.5 Å². The Kier molecular flexibility index (Phi) is 3.42. The summed E-state index contributed by atoms with van der Waals surface area (Å²) in [6, 6.07) is 14.3. The zero-order valence-corrected chi connectivity index (χ0v) is 6.95. The molecular formula is C11H11LiO. The number of ether oxygens (including phenoxy) is 1. The van der Waals surface area contributed by atoms with Gasteiger partial charge in [0.1, 0.15) is 5.75 Å². The van der Waals surface area contributed by atoms with Gasteiger partial charge in [0.15, 0.2) is 0 Å². The molecule has 0 aliphatic carbocycles. The first-order chi connectivity index (χ1) is 5.90. The molecule has 1 nitrogen and oxygen atoms in total. The Balaban J connectivity index is 0.000000845. The molecule has 0 bridgehead atoms. The Morgan fingerprint density at radius 3 is 2.31 bits per heavy atom. The van der Waals surface area contributed by atoms with E-state index in [0.29, 0.717) is 0 Å². The average molecular weight is 166 g/mol. The summed E-state index contributed by atoms with van der Waals surface area (Å²) in [6.45, 7) is 0. The van der Waals surface area contributed by atoms with E-state index in [0.717, 1.165) is 5.75 Å². The molecule has 0 aliphatic rings. The molecule has 0 aliphatic heterocycles. The number of benzene rings is 2. The first-order valence-corrected chi connectivity index (χ1v) is 3.93. The monoisotopic (exact) mass is 166 g/mol. The van der Waals surface area contributed by atoms with Crippen molar-refractivity contribution in [2.75, 3.05) is 7.11 Å². The molecule has 2 aromatic carbocycles. The van der Waals surface area contributed by atoms with Gasteiger partial charge in [-0.2, -0.15) is 0 Å². The van der Waals surface area contributed by atoms with E-state index in [1.54, 1.807) is 7.11 Å². The molecule has 0 saturated heterocycles. The molecule has 2 heteroatoms. The van der Waals surface area contributed by atoms with Crippen molar-refractivity contribution in [2.45, 2.75) is 0 Å². The van der Waals surface area contributed by atoms with Crippen molar-refractivity contribution in [3.8, 4) is 5.75 Å². The third-order valence-electron chi connectivity index (χ3n) is 1.96. The van der Waals surface area contributed by atoms with Crippen LogP contribution >= 0.6 is 0 Å². The number of hydrogen-bond acceptors (Lipinski definition) is 1. The predicted octanol–water partition coefficient (Wildman–Crippen LogP) is 2.20. The van der Waals surface area contributed by atoms with Gasteiger partial charge in [0.2, 0.25) is 0 Å². The van der Waals surface area contributed by atoms with Crippen LogP contribution in [0.1, 0.15) is 0 Å². The first kappa shape index (κ1) is 10.2. The van der Waals surface area contributed by atoms with E-state index in [9.17, 15) is 0 Å². The normalized spacial score (nSPS) is 9.31. The first-order valence-electron chi connectivity index (χ1n) is 3.93. The van der Waals surface area contributed by atoms with E-state index in [2.05, 4.69) is 18.2 Å². The van der Waals surface area contributed by atoms with Crippen LogP contribution in [0.3, 0.4) is 0 Å². The Bertz CT molecular complexity index is 398. The molecule has 0 atom stereocenters. The molecule has 13 heavy (non-hydrogen) atoms. The second kappa shape index (κ2) is 4.37. The summed E-state index contributed by atoms with van der Waals surface area (Å²) in [4.78, 5) is 0. The zero-order chi connectivity index (χ0) is 8.39. The number of hydrogen-bond donors (Lipinski definition) is 0. The third kappa shape index (κ3) is 2.06. The van der Waals surface area contributed by atoms with Crippen LogP contribution in [-0.2, 0) is 0 Å². The molecule has 2 rings (SSSR count). The third-order valence-corrected chi connectivity index (χ3v) is 1.96. The van der Waals surface area contributed by atoms with Crippen molar-refractivity contribution >= 4 is 29.6 Å². The van der Waals surface area contributed by atoms with E-state index < -0.39 is 0 Å². The van der Waals surface area contributed by atoms with Crippen LogP contribution in [0.25, 0.3) is 10.8 Å². The zero-order valence-electron chi connectivity index (χ0n) is 6.95. The number of rotatable bonds is 1. The van der Waals surface area contributed by atoms with Crippen LogP contribution in [0.4, 0.5) is 0 Å². The van der Waals surface area contributed by atoms with E-state index >= 15 is 0 Å². The SMILES string of the molecule is COc1ccc2ccccc2c1.[LiH]. The number of methoxy groups -OCH3 is 1. The molecule has 0 fully saturated rings. The van der Waals surface area contributed by atoms with Gasteiger partial charge >= 0.3 is 18.9 Å². The second-order valence-electron chi connectivity index (χ2n) is 2.71. The summed E-state index contributed by atoms with van der Waals surface area (Å²) in [5.41, 5.74) is 0. The molecule has 0 N–H and O–H groups in total. The summed E-state index contributed by atoms with van der Waals surface area (Å²) < 4.78 is 5.12. The average Bonchev–Trinajstić information content (AvgIpc) is 2.17. The van der Waals surface area contributed by atoms with Gasteiger partial charge in [-0.15, -0.1) is 0 Å². The van der Waals surface area contributed by atoms with Crippen molar-refractivity contribution in [2.24, 2.45) is 0 Å². The van der Waals surface area contributed by atoms with Crippen LogP contribution in [-0.4, -0.2) is 26.0 Å². The van der Waals surface area contributed by atoms with E-state index in [1.807, 2.05) is 24.3 Å². The minimum atomic E-state index is 0. The minimum absolute atomic E-state index is 0. The van der Waals surface area contributed by atoms with Crippen molar-refractivity contribution in [1.29, 1.82) is 0 Å². The van der Waals surface area contributed by atoms with Gasteiger partial charge in [0.05, 0.1) is 7.11 Å². The quantitative estimate of drug-likeness (QED) is 0.590. The Labute approximate surface area is 89.9 Å². The molecule has 0 unspecified atom stereocenters. The topological polar surface area (TPSA) is 9.23 Å². The number of fused-ring (bicyclic) bond motifs is 1. The second-order valence-corrected chi connectivity index (χ2v) is 2.71. The van der Waals surface area contributed by atoms with Gasteiger partial charge in [0, 0.05) is 0 Å². The standard InChI is InChI=1S/C11H10O.Li.H/c1-12-11-7-6-9-4-2-3-5-10(9)8-11;;/h2-8H,1H3;;. The molecule has 0 amide bonds. The van der Waals surface area contributed by atoms with E-state index in [-0.39, 0.29) is 18.9 Å². The van der Waals surface area contributed by atoms with Gasteiger partial charge < -0.3 is 4.74 Å². The molecule has 0 spiro atoms. The summed E-state index contributed by atoms with van der Waals surface area (Å²) in [7, 11) is 1.68. The molecule has 62 valence electrons. The molecule has 0 radical (unpaired) electrons. The maximum atomic E-state index is 5.12. The van der Waals surface area contributed by atoms with Crippen LogP contribution in [0.2, 0.25) is 0 Å². The van der Waals surface area contributed by atoms with Crippen molar-refractivity contribution < 1.29 is 4.74 Å². The van der Waals surface area contributed by atoms with Gasteiger partial charge in [-0.05, 0) is 22.9 Å². The summed E-state index contributed by atoms with van der Waals surface area (Å²) in [6.07, 6.45) is 0. The molecule has 0 heterocycles. The summed E-state index contributed by atoms with van der Waals surface area (Å²) in [5.74, 6) is 0.911. The fourth-order valence-electron chi connectivity index (χ4n) is 1.29. The predicted molar refractivity (Wildman–Crippen MR) is 57.6 cm³/mol. The van der Waals surface area contributed by atoms with Crippen LogP contribution in [0.5, 0.6) is 5.75 Å². The van der Waals surface area contributed by atoms with Crippen LogP contribution < -0.4 is 4.74 Å². The summed E-state index contributed by atoms with van der Waals surface area (Å²) in [5, 5.41) is 2.47. The van der Waals surface area contributed by atoms with Gasteiger partial charge in [-0.1, -0.05) is 30.3 Å². The Morgan fingerprint density at radius 1 is 0.923 bits per heavy atom. The van der Waals surface area contributed by atoms with Gasteiger partial charge in [0.25, 0.3) is 0 Å². The fourth-order valence-corrected chi connectivity index (χ4v) is 1.29. The van der Waals surface area contributed by atoms with E-state index in [4.69, 9.17) is 4.74 Å². The Hall–Kier alpha value is -0.903. The van der Waals surface area contributed by atoms with Gasteiger partial charge in [-0.3, -0.25) is 0 Å². The van der Waals surface area contributed by atoms with Crippen molar-refractivity contribution in [1.82, 2.24) is 0 Å². The molecule has 2 aromatic rings. The van der Waals surface area contributed by atoms with Crippen molar-refractivity contribution in [3.63, 3.8) is 0 Å². The molecule has 0 saturated carbocycles. The molecule has 0 aromatic heterocycles.